The van der Waals surface area contributed by atoms with Crippen LogP contribution in [0.15, 0.2) is 71.7 Å². The van der Waals surface area contributed by atoms with Crippen molar-refractivity contribution in [1.29, 1.82) is 0 Å². The third kappa shape index (κ3) is 3.08. The van der Waals surface area contributed by atoms with E-state index in [9.17, 15) is 4.79 Å². The predicted octanol–water partition coefficient (Wildman–Crippen LogP) is 3.82. The average molecular weight is 356 g/mol. The molecule has 4 aromatic rings. The molecular weight excluding hydrogens is 336 g/mol. The van der Waals surface area contributed by atoms with Gasteiger partial charge >= 0.3 is 0 Å². The third-order valence-corrected chi connectivity index (χ3v) is 4.57. The van der Waals surface area contributed by atoms with Crippen LogP contribution < -0.4 is 10.5 Å². The van der Waals surface area contributed by atoms with Crippen molar-refractivity contribution < 1.29 is 0 Å². The highest BCUT2D eigenvalue weighted by molar-refractivity contribution is 5.80. The number of aromatic nitrogens is 3. The molecule has 0 unspecified atom stereocenters. The highest BCUT2D eigenvalue weighted by atomic mass is 16.1. The summed E-state index contributed by atoms with van der Waals surface area (Å²) in [5.74, 6) is 0.587. The van der Waals surface area contributed by atoms with Gasteiger partial charge in [0.05, 0.1) is 16.6 Å². The highest BCUT2D eigenvalue weighted by Crippen LogP contribution is 2.23. The number of anilines is 1. The summed E-state index contributed by atoms with van der Waals surface area (Å²) in [6.45, 7) is 1.94. The molecule has 0 spiro atoms. The van der Waals surface area contributed by atoms with Crippen LogP contribution in [0.5, 0.6) is 0 Å². The van der Waals surface area contributed by atoms with Crippen molar-refractivity contribution in [3.05, 3.63) is 82.9 Å². The van der Waals surface area contributed by atoms with Gasteiger partial charge in [-0.25, -0.2) is 4.98 Å². The molecule has 0 aliphatic rings. The van der Waals surface area contributed by atoms with Crippen molar-refractivity contribution in [1.82, 2.24) is 14.5 Å². The van der Waals surface area contributed by atoms with Crippen molar-refractivity contribution in [3.63, 3.8) is 0 Å². The first-order valence-electron chi connectivity index (χ1n) is 8.77. The number of nitrogens with zero attached hydrogens (tertiary/aromatic N) is 4. The van der Waals surface area contributed by atoms with Crippen molar-refractivity contribution in [2.45, 2.75) is 6.92 Å². The molecule has 27 heavy (non-hydrogen) atoms. The summed E-state index contributed by atoms with van der Waals surface area (Å²) in [5.41, 5.74) is 4.16. The Morgan fingerprint density at radius 3 is 2.33 bits per heavy atom. The second kappa shape index (κ2) is 6.68. The first kappa shape index (κ1) is 17.0. The number of rotatable bonds is 3. The molecule has 2 heterocycles. The average Bonchev–Trinajstić information content (AvgIpc) is 2.69. The highest BCUT2D eigenvalue weighted by Gasteiger charge is 2.14. The van der Waals surface area contributed by atoms with Crippen LogP contribution in [0.3, 0.4) is 0 Å². The van der Waals surface area contributed by atoms with E-state index in [0.717, 1.165) is 22.6 Å². The molecule has 0 bridgehead atoms. The van der Waals surface area contributed by atoms with E-state index in [1.54, 1.807) is 10.8 Å². The maximum absolute atomic E-state index is 13.3. The Morgan fingerprint density at radius 1 is 0.926 bits per heavy atom. The van der Waals surface area contributed by atoms with Crippen LogP contribution in [-0.4, -0.2) is 28.6 Å². The zero-order valence-corrected chi connectivity index (χ0v) is 15.5. The van der Waals surface area contributed by atoms with Gasteiger partial charge in [0.1, 0.15) is 5.82 Å². The van der Waals surface area contributed by atoms with Gasteiger partial charge in [-0.1, -0.05) is 12.1 Å². The summed E-state index contributed by atoms with van der Waals surface area (Å²) < 4.78 is 1.66. The first-order chi connectivity index (χ1) is 13.0. The van der Waals surface area contributed by atoms with E-state index in [2.05, 4.69) is 4.98 Å². The smallest absolute Gasteiger partial charge is 0.266 e. The molecule has 0 fully saturated rings. The topological polar surface area (TPSA) is 51.0 Å². The third-order valence-electron chi connectivity index (χ3n) is 4.57. The van der Waals surface area contributed by atoms with E-state index in [1.165, 1.54) is 0 Å². The quantitative estimate of drug-likeness (QED) is 0.560. The molecule has 4 rings (SSSR count). The monoisotopic (exact) mass is 356 g/mol. The molecule has 0 radical (unpaired) electrons. The molecule has 0 atom stereocenters. The van der Waals surface area contributed by atoms with Crippen molar-refractivity contribution in [2.24, 2.45) is 0 Å². The summed E-state index contributed by atoms with van der Waals surface area (Å²) in [6.07, 6.45) is 1.76. The number of fused-ring (bicyclic) bond motifs is 1. The van der Waals surface area contributed by atoms with Crippen LogP contribution >= 0.6 is 0 Å². The lowest BCUT2D eigenvalue weighted by Crippen LogP contribution is -2.22. The van der Waals surface area contributed by atoms with Gasteiger partial charge in [-0.2, -0.15) is 0 Å². The van der Waals surface area contributed by atoms with Crippen LogP contribution in [0, 0.1) is 6.92 Å². The number of benzene rings is 2. The van der Waals surface area contributed by atoms with Gasteiger partial charge in [0.15, 0.2) is 0 Å². The Balaban J connectivity index is 2.02. The second-order valence-electron chi connectivity index (χ2n) is 6.69. The first-order valence-corrected chi connectivity index (χ1v) is 8.77. The van der Waals surface area contributed by atoms with Crippen molar-refractivity contribution in [2.75, 3.05) is 19.0 Å². The van der Waals surface area contributed by atoms with Crippen molar-refractivity contribution >= 4 is 16.6 Å². The number of pyridine rings is 1. The lowest BCUT2D eigenvalue weighted by atomic mass is 10.2. The summed E-state index contributed by atoms with van der Waals surface area (Å²) in [7, 11) is 3.98. The van der Waals surface area contributed by atoms with E-state index in [1.807, 2.05) is 86.6 Å². The van der Waals surface area contributed by atoms with E-state index >= 15 is 0 Å². The zero-order valence-electron chi connectivity index (χ0n) is 15.5. The molecule has 0 aliphatic carbocycles. The van der Waals surface area contributed by atoms with Gasteiger partial charge in [0.2, 0.25) is 0 Å². The number of para-hydroxylation sites is 1. The second-order valence-corrected chi connectivity index (χ2v) is 6.69. The van der Waals surface area contributed by atoms with Crippen molar-refractivity contribution in [3.8, 4) is 17.1 Å². The lowest BCUT2D eigenvalue weighted by molar-refractivity contribution is 0.971. The van der Waals surface area contributed by atoms with Crippen LogP contribution in [-0.2, 0) is 0 Å². The Labute approximate surface area is 157 Å². The maximum atomic E-state index is 13.3. The van der Waals surface area contributed by atoms with Crippen LogP contribution in [0.4, 0.5) is 5.69 Å². The Bertz CT molecular complexity index is 1160. The van der Waals surface area contributed by atoms with E-state index in [0.29, 0.717) is 16.7 Å². The van der Waals surface area contributed by atoms with E-state index in [-0.39, 0.29) is 5.56 Å². The van der Waals surface area contributed by atoms with Crippen LogP contribution in [0.1, 0.15) is 5.69 Å². The minimum absolute atomic E-state index is 0.0891. The fourth-order valence-electron chi connectivity index (χ4n) is 3.07. The molecule has 134 valence electrons. The van der Waals surface area contributed by atoms with Gasteiger partial charge in [-0.3, -0.25) is 14.3 Å². The fraction of sp³-hybridized carbons (Fsp3) is 0.136. The summed E-state index contributed by atoms with van der Waals surface area (Å²) in [4.78, 5) is 24.5. The van der Waals surface area contributed by atoms with E-state index < -0.39 is 0 Å². The maximum Gasteiger partial charge on any atom is 0.266 e. The predicted molar refractivity (Wildman–Crippen MR) is 110 cm³/mol. The van der Waals surface area contributed by atoms with Crippen LogP contribution in [0.2, 0.25) is 0 Å². The Kier molecular flexibility index (Phi) is 4.20. The standard InChI is InChI=1S/C22H20N4O/c1-15-8-9-16(14-23-15)21-24-20-7-5-4-6-19(20)22(27)26(21)18-12-10-17(11-13-18)25(2)3/h4-14H,1-3H3. The van der Waals surface area contributed by atoms with Gasteiger partial charge in [-0.15, -0.1) is 0 Å². The largest absolute Gasteiger partial charge is 0.378 e. The zero-order chi connectivity index (χ0) is 19.0. The van der Waals surface area contributed by atoms with Gasteiger partial charge in [0, 0.05) is 37.2 Å². The molecule has 0 saturated carbocycles. The van der Waals surface area contributed by atoms with Crippen LogP contribution in [0.25, 0.3) is 28.0 Å². The minimum atomic E-state index is -0.0891. The minimum Gasteiger partial charge on any atom is -0.378 e. The van der Waals surface area contributed by atoms with Gasteiger partial charge in [-0.05, 0) is 55.5 Å². The molecule has 0 N–H and O–H groups in total. The molecule has 0 saturated heterocycles. The molecule has 2 aromatic carbocycles. The summed E-state index contributed by atoms with van der Waals surface area (Å²) in [5, 5.41) is 0.595. The molecule has 5 heteroatoms. The molecular formula is C22H20N4O. The Morgan fingerprint density at radius 2 is 1.67 bits per heavy atom. The number of hydrogen-bond donors (Lipinski definition) is 0. The normalized spacial score (nSPS) is 10.9. The molecule has 0 aliphatic heterocycles. The number of aryl methyl sites for hydroxylation is 1. The van der Waals surface area contributed by atoms with Gasteiger partial charge in [0.25, 0.3) is 5.56 Å². The SMILES string of the molecule is Cc1ccc(-c2nc3ccccc3c(=O)n2-c2ccc(N(C)C)cc2)cn1. The van der Waals surface area contributed by atoms with Gasteiger partial charge < -0.3 is 4.90 Å². The lowest BCUT2D eigenvalue weighted by Gasteiger charge is -2.16. The molecule has 2 aromatic heterocycles. The Hall–Kier alpha value is -3.47. The molecule has 0 amide bonds. The fourth-order valence-corrected chi connectivity index (χ4v) is 3.07. The molecule has 5 nitrogen and oxygen atoms in total. The number of hydrogen-bond acceptors (Lipinski definition) is 4. The summed E-state index contributed by atoms with van der Waals surface area (Å²) in [6, 6.07) is 19.2. The van der Waals surface area contributed by atoms with E-state index in [4.69, 9.17) is 4.98 Å². The summed E-state index contributed by atoms with van der Waals surface area (Å²) >= 11 is 0.